The van der Waals surface area contributed by atoms with Gasteiger partial charge in [0.25, 0.3) is 0 Å². The number of carbonyl (C=O) groups excluding carboxylic acids is 6. The number of nitrogens with zero attached hydrogens (tertiary/aromatic N) is 1. The van der Waals surface area contributed by atoms with Gasteiger partial charge in [-0.15, -0.1) is 0 Å². The topological polar surface area (TPSA) is 180 Å². The highest BCUT2D eigenvalue weighted by Crippen LogP contribution is 2.68. The van der Waals surface area contributed by atoms with Gasteiger partial charge < -0.3 is 33.2 Å². The molecule has 2 aromatic carbocycles. The molecule has 6 rings (SSSR count). The summed E-state index contributed by atoms with van der Waals surface area (Å²) in [7, 11) is 0. The Morgan fingerprint density at radius 1 is 0.673 bits per heavy atom. The Balaban J connectivity index is 1.68. The van der Waals surface area contributed by atoms with Crippen LogP contribution >= 0.6 is 0 Å². The van der Waals surface area contributed by atoms with E-state index in [-0.39, 0.29) is 23.1 Å². The molecule has 2 heterocycles. The Hall–Kier alpha value is -5.63. The molecular formula is C41H43NO13. The van der Waals surface area contributed by atoms with E-state index in [9.17, 15) is 28.8 Å². The van der Waals surface area contributed by atoms with Gasteiger partial charge in [-0.1, -0.05) is 43.3 Å². The molecule has 14 nitrogen and oxygen atoms in total. The lowest BCUT2D eigenvalue weighted by molar-refractivity contribution is -0.326. The first-order chi connectivity index (χ1) is 26.1. The highest BCUT2D eigenvalue weighted by atomic mass is 16.6. The van der Waals surface area contributed by atoms with Crippen molar-refractivity contribution >= 4 is 35.8 Å². The molecule has 1 spiro atoms. The van der Waals surface area contributed by atoms with E-state index in [1.54, 1.807) is 57.2 Å². The normalized spacial score (nSPS) is 30.1. The second-order valence-electron chi connectivity index (χ2n) is 14.7. The zero-order valence-corrected chi connectivity index (χ0v) is 31.3. The van der Waals surface area contributed by atoms with Crippen LogP contribution in [-0.2, 0) is 47.5 Å². The summed E-state index contributed by atoms with van der Waals surface area (Å²) in [6.45, 7) is 8.03. The van der Waals surface area contributed by atoms with Gasteiger partial charge in [-0.05, 0) is 62.6 Å². The minimum absolute atomic E-state index is 0.00576. The van der Waals surface area contributed by atoms with Crippen molar-refractivity contribution in [3.8, 4) is 0 Å². The second-order valence-corrected chi connectivity index (χ2v) is 14.7. The summed E-state index contributed by atoms with van der Waals surface area (Å²) in [5.41, 5.74) is -4.95. The third-order valence-corrected chi connectivity index (χ3v) is 10.8. The number of hydrogen-bond acceptors (Lipinski definition) is 14. The van der Waals surface area contributed by atoms with Gasteiger partial charge in [0.05, 0.1) is 28.2 Å². The third kappa shape index (κ3) is 7.06. The molecule has 3 fully saturated rings. The predicted octanol–water partition coefficient (Wildman–Crippen LogP) is 4.69. The molecule has 0 N–H and O–H groups in total. The predicted molar refractivity (Wildman–Crippen MR) is 190 cm³/mol. The number of hydrogen-bond donors (Lipinski definition) is 0. The van der Waals surface area contributed by atoms with Gasteiger partial charge in [-0.3, -0.25) is 19.4 Å². The zero-order chi connectivity index (χ0) is 39.7. The number of esters is 6. The van der Waals surface area contributed by atoms with Gasteiger partial charge >= 0.3 is 35.8 Å². The van der Waals surface area contributed by atoms with Crippen LogP contribution in [0.5, 0.6) is 0 Å². The monoisotopic (exact) mass is 757 g/mol. The van der Waals surface area contributed by atoms with Crippen molar-refractivity contribution < 1.29 is 61.9 Å². The first-order valence-corrected chi connectivity index (χ1v) is 17.9. The molecule has 1 saturated heterocycles. The number of rotatable bonds is 10. The number of fused-ring (bicyclic) bond motifs is 1. The molecule has 0 radical (unpaired) electrons. The average molecular weight is 758 g/mol. The maximum atomic E-state index is 14.3. The lowest BCUT2D eigenvalue weighted by atomic mass is 9.47. The summed E-state index contributed by atoms with van der Waals surface area (Å²) >= 11 is 0. The molecule has 3 aliphatic rings. The zero-order valence-electron chi connectivity index (χ0n) is 31.3. The maximum Gasteiger partial charge on any atom is 0.340 e. The van der Waals surface area contributed by atoms with Gasteiger partial charge in [0, 0.05) is 33.2 Å². The van der Waals surface area contributed by atoms with Gasteiger partial charge in [0.15, 0.2) is 12.2 Å². The first-order valence-electron chi connectivity index (χ1n) is 17.9. The van der Waals surface area contributed by atoms with Crippen LogP contribution < -0.4 is 0 Å². The Morgan fingerprint density at radius 2 is 1.22 bits per heavy atom. The smallest absolute Gasteiger partial charge is 0.340 e. The quantitative estimate of drug-likeness (QED) is 0.205. The lowest BCUT2D eigenvalue weighted by Gasteiger charge is -2.64. The molecule has 1 aliphatic heterocycles. The SMILES string of the molecule is CC(=O)OC[C@]12[C@H](OC(=O)c3ccccc3)[C@H](OC(=O)c3cccnc3)[C@@H]3[C@@H](OC(C)=O)[C@]1(OC3(C)C)[C@H](C)C[C@H](OC(C)=O)[C@@H]2OC(=O)c1ccccc1. The molecule has 0 amide bonds. The molecule has 9 atom stereocenters. The number of aromatic nitrogens is 1. The molecule has 0 unspecified atom stereocenters. The van der Waals surface area contributed by atoms with E-state index >= 15 is 0 Å². The largest absolute Gasteiger partial charge is 0.465 e. The van der Waals surface area contributed by atoms with Crippen molar-refractivity contribution in [1.29, 1.82) is 0 Å². The van der Waals surface area contributed by atoms with Crippen molar-refractivity contribution in [3.05, 3.63) is 102 Å². The van der Waals surface area contributed by atoms with Crippen molar-refractivity contribution in [1.82, 2.24) is 4.98 Å². The van der Waals surface area contributed by atoms with Crippen LogP contribution in [0, 0.1) is 17.3 Å². The van der Waals surface area contributed by atoms with E-state index in [2.05, 4.69) is 4.98 Å². The van der Waals surface area contributed by atoms with Gasteiger partial charge in [-0.25, -0.2) is 14.4 Å². The third-order valence-electron chi connectivity index (χ3n) is 10.8. The second kappa shape index (κ2) is 15.2. The molecule has 3 aromatic rings. The van der Waals surface area contributed by atoms with Crippen molar-refractivity contribution in [2.75, 3.05) is 6.61 Å². The molecule has 55 heavy (non-hydrogen) atoms. The Kier molecular flexibility index (Phi) is 10.8. The van der Waals surface area contributed by atoms with E-state index in [0.29, 0.717) is 0 Å². The number of carbonyl (C=O) groups is 6. The molecule has 14 heteroatoms. The van der Waals surface area contributed by atoms with Crippen molar-refractivity contribution in [2.45, 2.75) is 89.7 Å². The van der Waals surface area contributed by atoms with Crippen LogP contribution in [-0.4, -0.2) is 89.1 Å². The van der Waals surface area contributed by atoms with Crippen LogP contribution in [0.15, 0.2) is 85.2 Å². The maximum absolute atomic E-state index is 14.3. The van der Waals surface area contributed by atoms with Gasteiger partial charge in [-0.2, -0.15) is 0 Å². The summed E-state index contributed by atoms with van der Waals surface area (Å²) in [5.74, 6) is -6.63. The molecule has 2 aliphatic carbocycles. The van der Waals surface area contributed by atoms with E-state index < -0.39 is 101 Å². The summed E-state index contributed by atoms with van der Waals surface area (Å²) in [4.78, 5) is 85.4. The van der Waals surface area contributed by atoms with Crippen LogP contribution in [0.1, 0.15) is 79.0 Å². The highest BCUT2D eigenvalue weighted by molar-refractivity contribution is 5.91. The lowest BCUT2D eigenvalue weighted by Crippen LogP contribution is -2.81. The molecule has 2 bridgehead atoms. The molecular weight excluding hydrogens is 714 g/mol. The Labute approximate surface area is 317 Å². The number of pyridine rings is 1. The van der Waals surface area contributed by atoms with Gasteiger partial charge in [0.2, 0.25) is 0 Å². The summed E-state index contributed by atoms with van der Waals surface area (Å²) in [5, 5.41) is 0. The molecule has 2 saturated carbocycles. The van der Waals surface area contributed by atoms with E-state index in [0.717, 1.165) is 6.92 Å². The van der Waals surface area contributed by atoms with Crippen LogP contribution in [0.4, 0.5) is 0 Å². The highest BCUT2D eigenvalue weighted by Gasteiger charge is 2.86. The number of benzene rings is 2. The fourth-order valence-corrected chi connectivity index (χ4v) is 8.87. The Bertz CT molecular complexity index is 1940. The van der Waals surface area contributed by atoms with E-state index in [1.165, 1.54) is 62.6 Å². The van der Waals surface area contributed by atoms with Crippen LogP contribution in [0.25, 0.3) is 0 Å². The minimum Gasteiger partial charge on any atom is -0.465 e. The van der Waals surface area contributed by atoms with Crippen molar-refractivity contribution in [2.24, 2.45) is 17.3 Å². The summed E-state index contributed by atoms with van der Waals surface area (Å²) in [6, 6.07) is 19.0. The fourth-order valence-electron chi connectivity index (χ4n) is 8.87. The van der Waals surface area contributed by atoms with E-state index in [1.807, 2.05) is 0 Å². The minimum atomic E-state index is -2.10. The first kappa shape index (κ1) is 39.1. The van der Waals surface area contributed by atoms with Gasteiger partial charge in [0.1, 0.15) is 35.9 Å². The Morgan fingerprint density at radius 3 is 1.75 bits per heavy atom. The van der Waals surface area contributed by atoms with E-state index in [4.69, 9.17) is 33.2 Å². The number of ether oxygens (including phenoxy) is 7. The molecule has 1 aromatic heterocycles. The van der Waals surface area contributed by atoms with Crippen LogP contribution in [0.3, 0.4) is 0 Å². The summed E-state index contributed by atoms with van der Waals surface area (Å²) in [6.07, 6.45) is -4.65. The standard InChI is InChI=1S/C41H43NO13/c1-23-20-30(50-25(3)44)33(53-36(46)27-14-9-7-10-15-27)40(22-49-24(2)43)35(54-37(47)28-16-11-8-12-17-28)32(52-38(48)29-18-13-19-42-21-29)31-34(51-26(4)45)41(23,40)55-39(31,5)6/h7-19,21,23,30-35H,20,22H2,1-6H3/t23-,30+,31-,32-,33+,34-,35-,40+,41-/m1/s1. The average Bonchev–Trinajstić information content (AvgIpc) is 3.34. The van der Waals surface area contributed by atoms with Crippen molar-refractivity contribution in [3.63, 3.8) is 0 Å². The summed E-state index contributed by atoms with van der Waals surface area (Å²) < 4.78 is 44.3. The van der Waals surface area contributed by atoms with Crippen LogP contribution in [0.2, 0.25) is 0 Å². The fraction of sp³-hybridized carbons (Fsp3) is 0.439. The molecule has 290 valence electrons.